The summed E-state index contributed by atoms with van der Waals surface area (Å²) in [6.07, 6.45) is 3.42. The highest BCUT2D eigenvalue weighted by Crippen LogP contribution is 2.18. The minimum atomic E-state index is 0.572. The van der Waals surface area contributed by atoms with E-state index in [-0.39, 0.29) is 0 Å². The van der Waals surface area contributed by atoms with Crippen LogP contribution in [-0.2, 0) is 13.0 Å². The van der Waals surface area contributed by atoms with Crippen molar-refractivity contribution in [3.05, 3.63) is 11.7 Å². The molecule has 0 saturated carbocycles. The molecule has 1 saturated heterocycles. The van der Waals surface area contributed by atoms with Crippen LogP contribution >= 0.6 is 0 Å². The van der Waals surface area contributed by atoms with Gasteiger partial charge in [0.15, 0.2) is 5.82 Å². The molecule has 2 heterocycles. The second kappa shape index (κ2) is 7.74. The second-order valence-electron chi connectivity index (χ2n) is 6.23. The van der Waals surface area contributed by atoms with E-state index in [4.69, 9.17) is 4.52 Å². The number of likely N-dealkylation sites (tertiary alicyclic amines) is 1. The average Bonchev–Trinajstić information content (AvgIpc) is 2.84. The normalized spacial score (nSPS) is 18.0. The molecule has 114 valence electrons. The van der Waals surface area contributed by atoms with Crippen molar-refractivity contribution < 1.29 is 4.52 Å². The fourth-order valence-corrected chi connectivity index (χ4v) is 2.69. The zero-order valence-corrected chi connectivity index (χ0v) is 13.1. The molecule has 0 aliphatic carbocycles. The average molecular weight is 280 g/mol. The van der Waals surface area contributed by atoms with Crippen LogP contribution in [0.1, 0.15) is 45.3 Å². The summed E-state index contributed by atoms with van der Waals surface area (Å²) < 4.78 is 5.34. The summed E-state index contributed by atoms with van der Waals surface area (Å²) in [4.78, 5) is 6.91. The third-order valence-electron chi connectivity index (χ3n) is 3.85. The highest BCUT2D eigenvalue weighted by molar-refractivity contribution is 4.88. The molecule has 1 aliphatic heterocycles. The van der Waals surface area contributed by atoms with Crippen LogP contribution in [0.2, 0.25) is 0 Å². The summed E-state index contributed by atoms with van der Waals surface area (Å²) in [5, 5.41) is 7.50. The molecule has 1 aromatic rings. The summed E-state index contributed by atoms with van der Waals surface area (Å²) in [6.45, 7) is 11.8. The minimum Gasteiger partial charge on any atom is -0.338 e. The van der Waals surface area contributed by atoms with Crippen molar-refractivity contribution in [3.8, 4) is 0 Å². The van der Waals surface area contributed by atoms with E-state index in [1.54, 1.807) is 0 Å². The number of hydrogen-bond acceptors (Lipinski definition) is 5. The molecule has 1 aliphatic rings. The SMILES string of the molecule is CCNCC1CCN(Cc2nc(CC(C)C)no2)CC1. The van der Waals surface area contributed by atoms with Crippen LogP contribution in [0.3, 0.4) is 0 Å². The van der Waals surface area contributed by atoms with Crippen LogP contribution in [0.4, 0.5) is 0 Å². The molecule has 5 nitrogen and oxygen atoms in total. The molecule has 1 fully saturated rings. The lowest BCUT2D eigenvalue weighted by molar-refractivity contribution is 0.158. The summed E-state index contributed by atoms with van der Waals surface area (Å²) in [7, 11) is 0. The quantitative estimate of drug-likeness (QED) is 0.829. The first kappa shape index (κ1) is 15.4. The number of aromatic nitrogens is 2. The Morgan fingerprint density at radius 3 is 2.75 bits per heavy atom. The van der Waals surface area contributed by atoms with Crippen LogP contribution in [-0.4, -0.2) is 41.2 Å². The molecule has 0 unspecified atom stereocenters. The Bertz CT molecular complexity index is 383. The van der Waals surface area contributed by atoms with Crippen LogP contribution in [0.15, 0.2) is 4.52 Å². The zero-order chi connectivity index (χ0) is 14.4. The number of nitrogens with one attached hydrogen (secondary N) is 1. The Kier molecular flexibility index (Phi) is 5.98. The highest BCUT2D eigenvalue weighted by atomic mass is 16.5. The number of nitrogens with zero attached hydrogens (tertiary/aromatic N) is 3. The first-order chi connectivity index (χ1) is 9.67. The van der Waals surface area contributed by atoms with Crippen molar-refractivity contribution in [2.24, 2.45) is 11.8 Å². The summed E-state index contributed by atoms with van der Waals surface area (Å²) in [5.41, 5.74) is 0. The molecule has 0 radical (unpaired) electrons. The lowest BCUT2D eigenvalue weighted by Gasteiger charge is -2.30. The van der Waals surface area contributed by atoms with E-state index < -0.39 is 0 Å². The van der Waals surface area contributed by atoms with Gasteiger partial charge in [0.25, 0.3) is 0 Å². The van der Waals surface area contributed by atoms with Crippen molar-refractivity contribution in [1.29, 1.82) is 0 Å². The fraction of sp³-hybridized carbons (Fsp3) is 0.867. The molecule has 5 heteroatoms. The van der Waals surface area contributed by atoms with Crippen molar-refractivity contribution in [3.63, 3.8) is 0 Å². The van der Waals surface area contributed by atoms with Crippen molar-refractivity contribution in [1.82, 2.24) is 20.4 Å². The van der Waals surface area contributed by atoms with Gasteiger partial charge in [-0.1, -0.05) is 25.9 Å². The summed E-state index contributed by atoms with van der Waals surface area (Å²) in [6, 6.07) is 0. The Morgan fingerprint density at radius 2 is 2.10 bits per heavy atom. The Labute approximate surface area is 122 Å². The Morgan fingerprint density at radius 1 is 1.35 bits per heavy atom. The number of hydrogen-bond donors (Lipinski definition) is 1. The van der Waals surface area contributed by atoms with Crippen LogP contribution in [0.5, 0.6) is 0 Å². The molecular weight excluding hydrogens is 252 g/mol. The molecule has 0 bridgehead atoms. The molecule has 1 N–H and O–H groups in total. The summed E-state index contributed by atoms with van der Waals surface area (Å²) in [5.74, 6) is 3.01. The monoisotopic (exact) mass is 280 g/mol. The minimum absolute atomic E-state index is 0.572. The van der Waals surface area contributed by atoms with Crippen molar-refractivity contribution in [2.75, 3.05) is 26.2 Å². The molecular formula is C15H28N4O. The van der Waals surface area contributed by atoms with E-state index >= 15 is 0 Å². The smallest absolute Gasteiger partial charge is 0.240 e. The van der Waals surface area contributed by atoms with Gasteiger partial charge in [-0.15, -0.1) is 0 Å². The van der Waals surface area contributed by atoms with E-state index in [0.717, 1.165) is 56.8 Å². The molecule has 0 spiro atoms. The van der Waals surface area contributed by atoms with E-state index in [9.17, 15) is 0 Å². The lowest BCUT2D eigenvalue weighted by Crippen LogP contribution is -2.36. The Balaban J connectivity index is 1.73. The third kappa shape index (κ3) is 4.87. The highest BCUT2D eigenvalue weighted by Gasteiger charge is 2.20. The molecule has 0 atom stereocenters. The van der Waals surface area contributed by atoms with E-state index in [1.807, 2.05) is 0 Å². The molecule has 2 rings (SSSR count). The molecule has 20 heavy (non-hydrogen) atoms. The predicted molar refractivity (Wildman–Crippen MR) is 79.4 cm³/mol. The standard InChI is InChI=1S/C15H28N4O/c1-4-16-10-13-5-7-19(8-6-13)11-15-17-14(18-20-15)9-12(2)3/h12-13,16H,4-11H2,1-3H3. The van der Waals surface area contributed by atoms with Gasteiger partial charge >= 0.3 is 0 Å². The molecule has 0 aromatic carbocycles. The summed E-state index contributed by atoms with van der Waals surface area (Å²) >= 11 is 0. The maximum atomic E-state index is 5.34. The van der Waals surface area contributed by atoms with Gasteiger partial charge in [-0.2, -0.15) is 4.98 Å². The maximum absolute atomic E-state index is 5.34. The van der Waals surface area contributed by atoms with Gasteiger partial charge in [0.1, 0.15) is 0 Å². The van der Waals surface area contributed by atoms with Gasteiger partial charge in [0, 0.05) is 6.42 Å². The van der Waals surface area contributed by atoms with Gasteiger partial charge < -0.3 is 9.84 Å². The lowest BCUT2D eigenvalue weighted by atomic mass is 9.97. The predicted octanol–water partition coefficient (Wildman–Crippen LogP) is 2.09. The number of rotatable bonds is 7. The molecule has 1 aromatic heterocycles. The zero-order valence-electron chi connectivity index (χ0n) is 13.1. The van der Waals surface area contributed by atoms with E-state index in [1.165, 1.54) is 12.8 Å². The van der Waals surface area contributed by atoms with E-state index in [2.05, 4.69) is 41.1 Å². The van der Waals surface area contributed by atoms with Crippen molar-refractivity contribution in [2.45, 2.75) is 46.6 Å². The number of piperidine rings is 1. The van der Waals surface area contributed by atoms with Gasteiger partial charge in [-0.25, -0.2) is 0 Å². The Hall–Kier alpha value is -0.940. The maximum Gasteiger partial charge on any atom is 0.240 e. The molecule has 0 amide bonds. The fourth-order valence-electron chi connectivity index (χ4n) is 2.69. The van der Waals surface area contributed by atoms with Gasteiger partial charge in [0.2, 0.25) is 5.89 Å². The van der Waals surface area contributed by atoms with E-state index in [0.29, 0.717) is 5.92 Å². The van der Waals surface area contributed by atoms with Crippen LogP contribution < -0.4 is 5.32 Å². The van der Waals surface area contributed by atoms with Crippen LogP contribution in [0.25, 0.3) is 0 Å². The van der Waals surface area contributed by atoms with Crippen LogP contribution in [0, 0.1) is 11.8 Å². The second-order valence-corrected chi connectivity index (χ2v) is 6.23. The largest absolute Gasteiger partial charge is 0.338 e. The third-order valence-corrected chi connectivity index (χ3v) is 3.85. The first-order valence-corrected chi connectivity index (χ1v) is 7.92. The van der Waals surface area contributed by atoms with Gasteiger partial charge in [0.05, 0.1) is 6.54 Å². The van der Waals surface area contributed by atoms with Gasteiger partial charge in [-0.3, -0.25) is 4.90 Å². The van der Waals surface area contributed by atoms with Crippen molar-refractivity contribution >= 4 is 0 Å². The first-order valence-electron chi connectivity index (χ1n) is 7.92. The van der Waals surface area contributed by atoms with Gasteiger partial charge in [-0.05, 0) is 50.9 Å². The topological polar surface area (TPSA) is 54.2 Å².